The minimum absolute atomic E-state index is 0.109. The number of carbonyl (C=O) groups excluding carboxylic acids is 2. The second-order valence-electron chi connectivity index (χ2n) is 5.64. The molecule has 1 aromatic heterocycles. The van der Waals surface area contributed by atoms with Crippen LogP contribution in [0.15, 0.2) is 0 Å². The number of carbonyl (C=O) groups is 2. The highest BCUT2D eigenvalue weighted by Crippen LogP contribution is 2.34. The van der Waals surface area contributed by atoms with Crippen molar-refractivity contribution in [3.8, 4) is 0 Å². The van der Waals surface area contributed by atoms with Crippen molar-refractivity contribution >= 4 is 28.2 Å². The van der Waals surface area contributed by atoms with Gasteiger partial charge in [-0.15, -0.1) is 11.3 Å². The van der Waals surface area contributed by atoms with Gasteiger partial charge >= 0.3 is 5.97 Å². The fourth-order valence-corrected chi connectivity index (χ4v) is 3.52. The van der Waals surface area contributed by atoms with E-state index >= 15 is 0 Å². The summed E-state index contributed by atoms with van der Waals surface area (Å²) in [6.45, 7) is 10.5. The lowest BCUT2D eigenvalue weighted by Gasteiger charge is -2.22. The summed E-state index contributed by atoms with van der Waals surface area (Å²) in [7, 11) is 1.93. The first kappa shape index (κ1) is 19.6. The van der Waals surface area contributed by atoms with Crippen LogP contribution >= 0.6 is 11.3 Å². The summed E-state index contributed by atoms with van der Waals surface area (Å²) < 4.78 is 5.15. The molecule has 1 rings (SSSR count). The first-order valence-corrected chi connectivity index (χ1v) is 8.96. The molecule has 0 aliphatic carbocycles. The van der Waals surface area contributed by atoms with Crippen LogP contribution in [0.5, 0.6) is 0 Å². The van der Waals surface area contributed by atoms with Gasteiger partial charge in [0, 0.05) is 10.9 Å². The van der Waals surface area contributed by atoms with E-state index < -0.39 is 0 Å². The summed E-state index contributed by atoms with van der Waals surface area (Å²) in [5.74, 6) is -0.471. The van der Waals surface area contributed by atoms with Crippen molar-refractivity contribution in [1.82, 2.24) is 4.90 Å². The maximum absolute atomic E-state index is 12.3. The van der Waals surface area contributed by atoms with Crippen molar-refractivity contribution in [3.05, 3.63) is 16.0 Å². The van der Waals surface area contributed by atoms with Gasteiger partial charge in [-0.1, -0.05) is 13.8 Å². The number of nitrogens with zero attached hydrogens (tertiary/aromatic N) is 1. The largest absolute Gasteiger partial charge is 0.462 e. The Bertz CT molecular complexity index is 554. The molecule has 1 atom stereocenters. The van der Waals surface area contributed by atoms with Crippen molar-refractivity contribution < 1.29 is 14.3 Å². The summed E-state index contributed by atoms with van der Waals surface area (Å²) >= 11 is 1.44. The predicted octanol–water partition coefficient (Wildman–Crippen LogP) is 3.46. The van der Waals surface area contributed by atoms with Crippen LogP contribution in [0.4, 0.5) is 5.00 Å². The molecule has 130 valence electrons. The third-order valence-electron chi connectivity index (χ3n) is 4.03. The molecule has 1 amide bonds. The second-order valence-corrected chi connectivity index (χ2v) is 6.86. The molecule has 0 spiro atoms. The maximum atomic E-state index is 12.3. The lowest BCUT2D eigenvalue weighted by Crippen LogP contribution is -2.36. The van der Waals surface area contributed by atoms with Crippen molar-refractivity contribution in [2.45, 2.75) is 53.5 Å². The Labute approximate surface area is 143 Å². The minimum Gasteiger partial charge on any atom is -0.462 e. The van der Waals surface area contributed by atoms with E-state index in [-0.39, 0.29) is 11.9 Å². The van der Waals surface area contributed by atoms with Gasteiger partial charge in [-0.05, 0) is 46.2 Å². The van der Waals surface area contributed by atoms with Crippen molar-refractivity contribution in [3.63, 3.8) is 0 Å². The van der Waals surface area contributed by atoms with Crippen LogP contribution in [-0.4, -0.2) is 43.0 Å². The van der Waals surface area contributed by atoms with Crippen molar-refractivity contribution in [1.29, 1.82) is 0 Å². The van der Waals surface area contributed by atoms with Gasteiger partial charge in [-0.3, -0.25) is 9.69 Å². The van der Waals surface area contributed by atoms with Gasteiger partial charge in [-0.25, -0.2) is 4.79 Å². The maximum Gasteiger partial charge on any atom is 0.341 e. The molecule has 0 bridgehead atoms. The Morgan fingerprint density at radius 3 is 2.48 bits per heavy atom. The molecule has 0 saturated carbocycles. The zero-order valence-corrected chi connectivity index (χ0v) is 15.8. The molecule has 0 aliphatic rings. The Hall–Kier alpha value is -1.40. The van der Waals surface area contributed by atoms with Crippen LogP contribution in [0.1, 0.15) is 54.9 Å². The highest BCUT2D eigenvalue weighted by atomic mass is 32.1. The molecular weight excluding hydrogens is 312 g/mol. The first-order chi connectivity index (χ1) is 10.8. The SMILES string of the molecule is CCOC(=O)c1c(NC(=O)CN(C)C(C)CC)sc(C)c1CC. The quantitative estimate of drug-likeness (QED) is 0.736. The average molecular weight is 340 g/mol. The predicted molar refractivity (Wildman–Crippen MR) is 95.4 cm³/mol. The van der Waals surface area contributed by atoms with Crippen LogP contribution in [-0.2, 0) is 16.0 Å². The normalized spacial score (nSPS) is 12.3. The number of hydrogen-bond acceptors (Lipinski definition) is 5. The molecular formula is C17H28N2O3S. The molecule has 23 heavy (non-hydrogen) atoms. The number of anilines is 1. The molecule has 0 aromatic carbocycles. The first-order valence-electron chi connectivity index (χ1n) is 8.14. The number of aryl methyl sites for hydroxylation is 1. The van der Waals surface area contributed by atoms with E-state index in [1.165, 1.54) is 11.3 Å². The Balaban J connectivity index is 2.95. The Kier molecular flexibility index (Phi) is 7.72. The van der Waals surface area contributed by atoms with Gasteiger partial charge in [0.05, 0.1) is 18.7 Å². The van der Waals surface area contributed by atoms with E-state index in [1.807, 2.05) is 25.8 Å². The van der Waals surface area contributed by atoms with Gasteiger partial charge < -0.3 is 10.1 Å². The summed E-state index contributed by atoms with van der Waals surface area (Å²) in [4.78, 5) is 27.6. The number of thiophene rings is 1. The number of rotatable bonds is 8. The highest BCUT2D eigenvalue weighted by Gasteiger charge is 2.23. The average Bonchev–Trinajstić information content (AvgIpc) is 2.81. The molecule has 5 nitrogen and oxygen atoms in total. The topological polar surface area (TPSA) is 58.6 Å². The monoisotopic (exact) mass is 340 g/mol. The fourth-order valence-electron chi connectivity index (χ4n) is 2.37. The molecule has 1 N–H and O–H groups in total. The fraction of sp³-hybridized carbons (Fsp3) is 0.647. The molecule has 0 fully saturated rings. The molecule has 0 radical (unpaired) electrons. The Morgan fingerprint density at radius 2 is 1.96 bits per heavy atom. The van der Waals surface area contributed by atoms with E-state index in [2.05, 4.69) is 19.2 Å². The van der Waals surface area contributed by atoms with Crippen molar-refractivity contribution in [2.24, 2.45) is 0 Å². The number of esters is 1. The number of hydrogen-bond donors (Lipinski definition) is 1. The Morgan fingerprint density at radius 1 is 1.30 bits per heavy atom. The summed E-state index contributed by atoms with van der Waals surface area (Å²) in [6.07, 6.45) is 1.72. The van der Waals surface area contributed by atoms with Gasteiger partial charge in [0.1, 0.15) is 5.00 Å². The lowest BCUT2D eigenvalue weighted by atomic mass is 10.1. The zero-order chi connectivity index (χ0) is 17.6. The number of likely N-dealkylation sites (N-methyl/N-ethyl adjacent to an activating group) is 1. The van der Waals surface area contributed by atoms with Gasteiger partial charge in [0.2, 0.25) is 5.91 Å². The number of amides is 1. The smallest absolute Gasteiger partial charge is 0.341 e. The third kappa shape index (κ3) is 5.04. The van der Waals surface area contributed by atoms with E-state index in [1.54, 1.807) is 6.92 Å². The number of ether oxygens (including phenoxy) is 1. The van der Waals surface area contributed by atoms with Gasteiger partial charge in [-0.2, -0.15) is 0 Å². The van der Waals surface area contributed by atoms with Crippen LogP contribution in [0.25, 0.3) is 0 Å². The summed E-state index contributed by atoms with van der Waals surface area (Å²) in [5.41, 5.74) is 1.47. The van der Waals surface area contributed by atoms with E-state index in [0.717, 1.165) is 23.3 Å². The van der Waals surface area contributed by atoms with Gasteiger partial charge in [0.15, 0.2) is 0 Å². The highest BCUT2D eigenvalue weighted by molar-refractivity contribution is 7.16. The van der Waals surface area contributed by atoms with Gasteiger partial charge in [0.25, 0.3) is 0 Å². The van der Waals surface area contributed by atoms with Crippen LogP contribution < -0.4 is 5.32 Å². The standard InChI is InChI=1S/C17H28N2O3S/c1-7-11(4)19(6)10-14(20)18-16-15(17(21)22-9-3)13(8-2)12(5)23-16/h11H,7-10H2,1-6H3,(H,18,20). The third-order valence-corrected chi connectivity index (χ3v) is 5.09. The van der Waals surface area contributed by atoms with Crippen LogP contribution in [0.2, 0.25) is 0 Å². The lowest BCUT2D eigenvalue weighted by molar-refractivity contribution is -0.117. The molecule has 0 saturated heterocycles. The molecule has 1 heterocycles. The number of nitrogens with one attached hydrogen (secondary N) is 1. The van der Waals surface area contributed by atoms with Crippen LogP contribution in [0, 0.1) is 6.92 Å². The molecule has 1 unspecified atom stereocenters. The van der Waals surface area contributed by atoms with E-state index in [0.29, 0.717) is 29.8 Å². The summed E-state index contributed by atoms with van der Waals surface area (Å²) in [5, 5.41) is 3.49. The summed E-state index contributed by atoms with van der Waals surface area (Å²) in [6, 6.07) is 0.335. The minimum atomic E-state index is -0.362. The molecule has 6 heteroatoms. The molecule has 0 aliphatic heterocycles. The van der Waals surface area contributed by atoms with E-state index in [4.69, 9.17) is 4.74 Å². The van der Waals surface area contributed by atoms with Crippen LogP contribution in [0.3, 0.4) is 0 Å². The van der Waals surface area contributed by atoms with Crippen molar-refractivity contribution in [2.75, 3.05) is 25.5 Å². The zero-order valence-electron chi connectivity index (χ0n) is 15.0. The van der Waals surface area contributed by atoms with E-state index in [9.17, 15) is 9.59 Å². The second kappa shape index (κ2) is 9.03. The molecule has 1 aromatic rings.